The number of hydrogen-bond acceptors (Lipinski definition) is 4. The summed E-state index contributed by atoms with van der Waals surface area (Å²) in [6.07, 6.45) is 4.20. The first kappa shape index (κ1) is 22.6. The predicted octanol–water partition coefficient (Wildman–Crippen LogP) is 5.17. The van der Waals surface area contributed by atoms with Crippen molar-refractivity contribution in [3.63, 3.8) is 0 Å². The molecule has 0 aromatic heterocycles. The van der Waals surface area contributed by atoms with E-state index in [9.17, 15) is 4.79 Å². The highest BCUT2D eigenvalue weighted by atomic mass is 35.5. The Bertz CT molecular complexity index is 847. The summed E-state index contributed by atoms with van der Waals surface area (Å²) in [5.74, 6) is 2.44. The summed E-state index contributed by atoms with van der Waals surface area (Å²) < 4.78 is 11.1. The van der Waals surface area contributed by atoms with Crippen LogP contribution in [-0.4, -0.2) is 37.5 Å². The molecule has 4 nitrogen and oxygen atoms in total. The summed E-state index contributed by atoms with van der Waals surface area (Å²) in [5, 5.41) is 0. The van der Waals surface area contributed by atoms with Crippen molar-refractivity contribution in [3.8, 4) is 11.5 Å². The minimum atomic E-state index is 0. The number of benzene rings is 2. The minimum absolute atomic E-state index is 0. The SMILES string of the molecule is CCOc1cc2c(cc1OC)CC(CC1CCN(Cc3ccccc3)CC1)C2=O.Cl. The first-order valence-electron chi connectivity index (χ1n) is 10.8. The lowest BCUT2D eigenvalue weighted by atomic mass is 9.85. The predicted molar refractivity (Wildman–Crippen MR) is 122 cm³/mol. The molecule has 1 aliphatic carbocycles. The number of carbonyl (C=O) groups is 1. The van der Waals surface area contributed by atoms with Crippen LogP contribution in [-0.2, 0) is 13.0 Å². The van der Waals surface area contributed by atoms with Crippen LogP contribution < -0.4 is 9.47 Å². The molecule has 5 heteroatoms. The van der Waals surface area contributed by atoms with E-state index in [1.54, 1.807) is 7.11 Å². The van der Waals surface area contributed by atoms with Gasteiger partial charge in [0.15, 0.2) is 17.3 Å². The monoisotopic (exact) mass is 429 g/mol. The lowest BCUT2D eigenvalue weighted by Crippen LogP contribution is -2.34. The average Bonchev–Trinajstić information content (AvgIpc) is 3.04. The molecule has 1 saturated heterocycles. The van der Waals surface area contributed by atoms with Crippen LogP contribution in [0.2, 0.25) is 0 Å². The topological polar surface area (TPSA) is 38.8 Å². The Hall–Kier alpha value is -2.04. The van der Waals surface area contributed by atoms with Crippen LogP contribution in [0.15, 0.2) is 42.5 Å². The van der Waals surface area contributed by atoms with Crippen LogP contribution in [0.4, 0.5) is 0 Å². The smallest absolute Gasteiger partial charge is 0.166 e. The number of nitrogens with zero attached hydrogens (tertiary/aromatic N) is 1. The zero-order valence-corrected chi connectivity index (χ0v) is 18.7. The number of likely N-dealkylation sites (tertiary alicyclic amines) is 1. The number of Topliss-reactive ketones (excluding diaryl/α,β-unsaturated/α-hetero) is 1. The number of carbonyl (C=O) groups excluding carboxylic acids is 1. The maximum absolute atomic E-state index is 13.0. The van der Waals surface area contributed by atoms with E-state index < -0.39 is 0 Å². The Morgan fingerprint density at radius 2 is 1.80 bits per heavy atom. The summed E-state index contributed by atoms with van der Waals surface area (Å²) in [6, 6.07) is 14.6. The minimum Gasteiger partial charge on any atom is -0.493 e. The average molecular weight is 430 g/mol. The normalized spacial score (nSPS) is 19.3. The number of halogens is 1. The van der Waals surface area contributed by atoms with Crippen LogP contribution >= 0.6 is 12.4 Å². The molecule has 0 bridgehead atoms. The molecule has 2 aliphatic rings. The highest BCUT2D eigenvalue weighted by Crippen LogP contribution is 2.39. The molecule has 0 spiro atoms. The molecule has 30 heavy (non-hydrogen) atoms. The Morgan fingerprint density at radius 3 is 2.47 bits per heavy atom. The third kappa shape index (κ3) is 4.98. The Morgan fingerprint density at radius 1 is 1.07 bits per heavy atom. The second-order valence-electron chi connectivity index (χ2n) is 8.30. The number of fused-ring (bicyclic) bond motifs is 1. The third-order valence-corrected chi connectivity index (χ3v) is 6.37. The second-order valence-corrected chi connectivity index (χ2v) is 8.30. The molecule has 0 saturated carbocycles. The van der Waals surface area contributed by atoms with E-state index in [2.05, 4.69) is 35.2 Å². The molecular weight excluding hydrogens is 398 g/mol. The third-order valence-electron chi connectivity index (χ3n) is 6.37. The molecule has 2 aromatic rings. The lowest BCUT2D eigenvalue weighted by Gasteiger charge is -2.32. The van der Waals surface area contributed by atoms with Crippen molar-refractivity contribution < 1.29 is 14.3 Å². The number of ketones is 1. The van der Waals surface area contributed by atoms with Gasteiger partial charge < -0.3 is 9.47 Å². The highest BCUT2D eigenvalue weighted by molar-refractivity contribution is 6.02. The first-order chi connectivity index (χ1) is 14.2. The molecule has 0 amide bonds. The fourth-order valence-electron chi connectivity index (χ4n) is 4.82. The zero-order valence-electron chi connectivity index (χ0n) is 17.9. The van der Waals surface area contributed by atoms with Gasteiger partial charge in [-0.25, -0.2) is 0 Å². The van der Waals surface area contributed by atoms with Crippen molar-refractivity contribution in [1.82, 2.24) is 4.90 Å². The maximum atomic E-state index is 13.0. The van der Waals surface area contributed by atoms with Gasteiger partial charge in [-0.15, -0.1) is 12.4 Å². The van der Waals surface area contributed by atoms with Gasteiger partial charge in [-0.1, -0.05) is 30.3 Å². The molecule has 1 unspecified atom stereocenters. The molecular formula is C25H32ClNO3. The molecule has 162 valence electrons. The van der Waals surface area contributed by atoms with Crippen molar-refractivity contribution in [2.24, 2.45) is 11.8 Å². The van der Waals surface area contributed by atoms with Crippen molar-refractivity contribution >= 4 is 18.2 Å². The van der Waals surface area contributed by atoms with Crippen LogP contribution in [0, 0.1) is 11.8 Å². The van der Waals surface area contributed by atoms with Gasteiger partial charge in [-0.3, -0.25) is 9.69 Å². The Balaban J connectivity index is 0.00000256. The number of methoxy groups -OCH3 is 1. The van der Waals surface area contributed by atoms with Gasteiger partial charge in [-0.2, -0.15) is 0 Å². The summed E-state index contributed by atoms with van der Waals surface area (Å²) >= 11 is 0. The molecule has 4 rings (SSSR count). The standard InChI is InChI=1S/C25H31NO3.ClH/c1-3-29-24-16-22-20(15-23(24)28-2)14-21(25(22)27)13-18-9-11-26(12-10-18)17-19-7-5-4-6-8-19;/h4-8,15-16,18,21H,3,9-14,17H2,1-2H3;1H. The fourth-order valence-corrected chi connectivity index (χ4v) is 4.82. The largest absolute Gasteiger partial charge is 0.493 e. The van der Waals surface area contributed by atoms with E-state index in [4.69, 9.17) is 9.47 Å². The summed E-state index contributed by atoms with van der Waals surface area (Å²) in [4.78, 5) is 15.6. The van der Waals surface area contributed by atoms with E-state index in [1.165, 1.54) is 18.4 Å². The number of hydrogen-bond donors (Lipinski definition) is 0. The van der Waals surface area contributed by atoms with E-state index in [0.29, 0.717) is 18.3 Å². The van der Waals surface area contributed by atoms with Gasteiger partial charge in [-0.05, 0) is 74.9 Å². The van der Waals surface area contributed by atoms with E-state index in [1.807, 2.05) is 19.1 Å². The molecule has 0 radical (unpaired) electrons. The molecule has 0 N–H and O–H groups in total. The van der Waals surface area contributed by atoms with Crippen molar-refractivity contribution in [1.29, 1.82) is 0 Å². The van der Waals surface area contributed by atoms with Gasteiger partial charge in [0.05, 0.1) is 13.7 Å². The van der Waals surface area contributed by atoms with Gasteiger partial charge >= 0.3 is 0 Å². The van der Waals surface area contributed by atoms with Crippen LogP contribution in [0.3, 0.4) is 0 Å². The Kier molecular flexibility index (Phi) is 7.79. The van der Waals surface area contributed by atoms with E-state index >= 15 is 0 Å². The maximum Gasteiger partial charge on any atom is 0.166 e. The van der Waals surface area contributed by atoms with Crippen molar-refractivity contribution in [2.75, 3.05) is 26.8 Å². The van der Waals surface area contributed by atoms with E-state index in [0.717, 1.165) is 49.4 Å². The fraction of sp³-hybridized carbons (Fsp3) is 0.480. The lowest BCUT2D eigenvalue weighted by molar-refractivity contribution is 0.0895. The molecule has 1 aliphatic heterocycles. The zero-order chi connectivity index (χ0) is 20.2. The highest BCUT2D eigenvalue weighted by Gasteiger charge is 2.34. The first-order valence-corrected chi connectivity index (χ1v) is 10.8. The summed E-state index contributed by atoms with van der Waals surface area (Å²) in [5.41, 5.74) is 3.33. The van der Waals surface area contributed by atoms with Crippen molar-refractivity contribution in [2.45, 2.75) is 39.2 Å². The number of rotatable bonds is 7. The van der Waals surface area contributed by atoms with Gasteiger partial charge in [0.2, 0.25) is 0 Å². The molecule has 1 atom stereocenters. The van der Waals surface area contributed by atoms with Crippen LogP contribution in [0.5, 0.6) is 11.5 Å². The quantitative estimate of drug-likeness (QED) is 0.608. The molecule has 1 fully saturated rings. The molecule has 2 aromatic carbocycles. The van der Waals surface area contributed by atoms with Gasteiger partial charge in [0, 0.05) is 18.0 Å². The summed E-state index contributed by atoms with van der Waals surface area (Å²) in [6.45, 7) is 5.78. The van der Waals surface area contributed by atoms with Gasteiger partial charge in [0.25, 0.3) is 0 Å². The van der Waals surface area contributed by atoms with E-state index in [-0.39, 0.29) is 24.1 Å². The van der Waals surface area contributed by atoms with Crippen LogP contribution in [0.25, 0.3) is 0 Å². The van der Waals surface area contributed by atoms with Crippen molar-refractivity contribution in [3.05, 3.63) is 59.2 Å². The second kappa shape index (κ2) is 10.3. The Labute approximate surface area is 186 Å². The van der Waals surface area contributed by atoms with Crippen LogP contribution in [0.1, 0.15) is 47.7 Å². The number of ether oxygens (including phenoxy) is 2. The number of piperidine rings is 1. The molecule has 1 heterocycles. The van der Waals surface area contributed by atoms with Gasteiger partial charge in [0.1, 0.15) is 0 Å². The summed E-state index contributed by atoms with van der Waals surface area (Å²) in [7, 11) is 1.65.